The molecule has 1 N–H and O–H groups in total. The summed E-state index contributed by atoms with van der Waals surface area (Å²) in [7, 11) is 1.81. The van der Waals surface area contributed by atoms with Gasteiger partial charge in [0.05, 0.1) is 25.4 Å². The van der Waals surface area contributed by atoms with Gasteiger partial charge in [-0.05, 0) is 18.6 Å². The van der Waals surface area contributed by atoms with Crippen molar-refractivity contribution in [3.8, 4) is 5.75 Å². The minimum absolute atomic E-state index is 0.0387. The Kier molecular flexibility index (Phi) is 4.40. The van der Waals surface area contributed by atoms with Gasteiger partial charge in [0.25, 0.3) is 0 Å². The third-order valence-corrected chi connectivity index (χ3v) is 4.61. The predicted molar refractivity (Wildman–Crippen MR) is 92.8 cm³/mol. The molecule has 1 aromatic heterocycles. The van der Waals surface area contributed by atoms with Gasteiger partial charge in [-0.15, -0.1) is 0 Å². The van der Waals surface area contributed by atoms with Crippen LogP contribution in [0, 0.1) is 5.82 Å². The van der Waals surface area contributed by atoms with Crippen LogP contribution in [-0.2, 0) is 4.74 Å². The van der Waals surface area contributed by atoms with Crippen LogP contribution in [0.4, 0.5) is 16.2 Å². The van der Waals surface area contributed by atoms with E-state index in [1.54, 1.807) is 18.2 Å². The van der Waals surface area contributed by atoms with Crippen LogP contribution in [0.1, 0.15) is 18.0 Å². The van der Waals surface area contributed by atoms with Crippen molar-refractivity contribution < 1.29 is 13.9 Å². The number of nitrogens with zero attached hydrogens (tertiary/aromatic N) is 3. The minimum atomic E-state index is -0.330. The second-order valence-corrected chi connectivity index (χ2v) is 6.36. The molecule has 2 aromatic rings. The summed E-state index contributed by atoms with van der Waals surface area (Å²) in [6, 6.07) is 8.52. The first kappa shape index (κ1) is 16.1. The zero-order valence-electron chi connectivity index (χ0n) is 14.1. The molecule has 1 aromatic carbocycles. The van der Waals surface area contributed by atoms with Crippen LogP contribution in [0.15, 0.2) is 30.3 Å². The van der Waals surface area contributed by atoms with Crippen molar-refractivity contribution in [1.29, 1.82) is 0 Å². The van der Waals surface area contributed by atoms with Gasteiger partial charge in [0.2, 0.25) is 5.95 Å². The Bertz CT molecular complexity index is 746. The number of rotatable bonds is 5. The molecular formula is C18H21FN4O2. The van der Waals surface area contributed by atoms with E-state index in [2.05, 4.69) is 20.2 Å². The van der Waals surface area contributed by atoms with E-state index >= 15 is 0 Å². The van der Waals surface area contributed by atoms with E-state index in [1.807, 2.05) is 13.1 Å². The highest BCUT2D eigenvalue weighted by Crippen LogP contribution is 2.30. The van der Waals surface area contributed by atoms with Crippen molar-refractivity contribution in [2.45, 2.75) is 18.4 Å². The van der Waals surface area contributed by atoms with Gasteiger partial charge < -0.3 is 19.7 Å². The number of ether oxygens (including phenoxy) is 2. The molecule has 132 valence electrons. The molecule has 7 heteroatoms. The largest absolute Gasteiger partial charge is 0.484 e. The number of aromatic nitrogens is 2. The Morgan fingerprint density at radius 2 is 2.12 bits per heavy atom. The lowest BCUT2D eigenvalue weighted by Gasteiger charge is -2.40. The van der Waals surface area contributed by atoms with Crippen molar-refractivity contribution in [3.05, 3.63) is 41.8 Å². The van der Waals surface area contributed by atoms with E-state index in [1.165, 1.54) is 6.07 Å². The van der Waals surface area contributed by atoms with Crippen LogP contribution in [0.2, 0.25) is 0 Å². The van der Waals surface area contributed by atoms with Crippen molar-refractivity contribution in [1.82, 2.24) is 9.97 Å². The van der Waals surface area contributed by atoms with Crippen molar-refractivity contribution in [3.63, 3.8) is 0 Å². The van der Waals surface area contributed by atoms with E-state index in [0.717, 1.165) is 24.5 Å². The average molecular weight is 344 g/mol. The molecule has 1 atom stereocenters. The lowest BCUT2D eigenvalue weighted by atomic mass is 10.0. The van der Waals surface area contributed by atoms with Gasteiger partial charge in [-0.25, -0.2) is 9.37 Å². The van der Waals surface area contributed by atoms with Crippen molar-refractivity contribution in [2.75, 3.05) is 43.6 Å². The number of benzene rings is 1. The van der Waals surface area contributed by atoms with Gasteiger partial charge in [0.15, 0.2) is 11.6 Å². The molecule has 2 fully saturated rings. The van der Waals surface area contributed by atoms with Crippen LogP contribution in [0.5, 0.6) is 5.75 Å². The highest BCUT2D eigenvalue weighted by atomic mass is 19.1. The number of para-hydroxylation sites is 1. The SMILES string of the molecule is CNc1nc([C@H]2CCOC2)cc(N2CC(Oc3ccccc3F)C2)n1. The van der Waals surface area contributed by atoms with Gasteiger partial charge in [-0.2, -0.15) is 4.98 Å². The first-order valence-corrected chi connectivity index (χ1v) is 8.53. The third-order valence-electron chi connectivity index (χ3n) is 4.61. The van der Waals surface area contributed by atoms with Gasteiger partial charge in [0, 0.05) is 25.6 Å². The predicted octanol–water partition coefficient (Wildman–Crippen LogP) is 2.43. The molecular weight excluding hydrogens is 323 g/mol. The molecule has 2 saturated heterocycles. The summed E-state index contributed by atoms with van der Waals surface area (Å²) in [6.07, 6.45) is 0.946. The van der Waals surface area contributed by atoms with Crippen LogP contribution >= 0.6 is 0 Å². The zero-order valence-corrected chi connectivity index (χ0v) is 14.1. The van der Waals surface area contributed by atoms with E-state index in [0.29, 0.717) is 37.3 Å². The molecule has 0 saturated carbocycles. The second-order valence-electron chi connectivity index (χ2n) is 6.36. The smallest absolute Gasteiger partial charge is 0.224 e. The molecule has 25 heavy (non-hydrogen) atoms. The topological polar surface area (TPSA) is 59.5 Å². The standard InChI is InChI=1S/C18H21FN4O2/c1-20-18-21-15(12-6-7-24-11-12)8-17(22-18)23-9-13(10-23)25-16-5-3-2-4-14(16)19/h2-5,8,12-13H,6-7,9-11H2,1H3,(H,20,21,22)/t12-/m0/s1. The zero-order chi connectivity index (χ0) is 17.2. The number of hydrogen-bond acceptors (Lipinski definition) is 6. The van der Waals surface area contributed by atoms with Crippen LogP contribution < -0.4 is 15.0 Å². The van der Waals surface area contributed by atoms with Gasteiger partial charge in [0.1, 0.15) is 11.9 Å². The molecule has 3 heterocycles. The summed E-state index contributed by atoms with van der Waals surface area (Å²) in [5.74, 6) is 1.77. The summed E-state index contributed by atoms with van der Waals surface area (Å²) >= 11 is 0. The average Bonchev–Trinajstić information content (AvgIpc) is 3.13. The van der Waals surface area contributed by atoms with E-state index in [4.69, 9.17) is 9.47 Å². The maximum atomic E-state index is 13.7. The summed E-state index contributed by atoms with van der Waals surface area (Å²) in [4.78, 5) is 11.2. The molecule has 4 rings (SSSR count). The molecule has 0 bridgehead atoms. The van der Waals surface area contributed by atoms with Gasteiger partial charge in [-0.1, -0.05) is 12.1 Å². The molecule has 2 aliphatic heterocycles. The maximum absolute atomic E-state index is 13.7. The van der Waals surface area contributed by atoms with Crippen LogP contribution in [0.3, 0.4) is 0 Å². The van der Waals surface area contributed by atoms with Gasteiger partial charge in [-0.3, -0.25) is 0 Å². The minimum Gasteiger partial charge on any atom is -0.484 e. The maximum Gasteiger partial charge on any atom is 0.224 e. The molecule has 0 amide bonds. The summed E-state index contributed by atoms with van der Waals surface area (Å²) in [6.45, 7) is 2.84. The van der Waals surface area contributed by atoms with Crippen molar-refractivity contribution >= 4 is 11.8 Å². The third kappa shape index (κ3) is 3.37. The first-order valence-electron chi connectivity index (χ1n) is 8.53. The Labute approximate surface area is 146 Å². The Morgan fingerprint density at radius 1 is 1.28 bits per heavy atom. The fourth-order valence-electron chi connectivity index (χ4n) is 3.12. The lowest BCUT2D eigenvalue weighted by molar-refractivity contribution is 0.160. The lowest BCUT2D eigenvalue weighted by Crippen LogP contribution is -2.54. The highest BCUT2D eigenvalue weighted by Gasteiger charge is 2.31. The quantitative estimate of drug-likeness (QED) is 0.899. The molecule has 0 radical (unpaired) electrons. The summed E-state index contributed by atoms with van der Waals surface area (Å²) < 4.78 is 24.9. The summed E-state index contributed by atoms with van der Waals surface area (Å²) in [5, 5.41) is 3.02. The molecule has 6 nitrogen and oxygen atoms in total. The molecule has 0 unspecified atom stereocenters. The second kappa shape index (κ2) is 6.84. The normalized spacial score (nSPS) is 20.4. The van der Waals surface area contributed by atoms with E-state index in [9.17, 15) is 4.39 Å². The van der Waals surface area contributed by atoms with E-state index in [-0.39, 0.29) is 11.9 Å². The Morgan fingerprint density at radius 3 is 2.84 bits per heavy atom. The molecule has 0 aliphatic carbocycles. The fourth-order valence-corrected chi connectivity index (χ4v) is 3.12. The molecule has 0 spiro atoms. The Balaban J connectivity index is 1.44. The van der Waals surface area contributed by atoms with E-state index < -0.39 is 0 Å². The first-order chi connectivity index (χ1) is 12.2. The number of halogens is 1. The highest BCUT2D eigenvalue weighted by molar-refractivity contribution is 5.48. The Hall–Kier alpha value is -2.41. The summed E-state index contributed by atoms with van der Waals surface area (Å²) in [5.41, 5.74) is 1.00. The number of nitrogens with one attached hydrogen (secondary N) is 1. The van der Waals surface area contributed by atoms with Gasteiger partial charge >= 0.3 is 0 Å². The number of anilines is 2. The molecule has 2 aliphatic rings. The number of hydrogen-bond donors (Lipinski definition) is 1. The monoisotopic (exact) mass is 344 g/mol. The van der Waals surface area contributed by atoms with Crippen LogP contribution in [-0.4, -0.2) is 49.4 Å². The van der Waals surface area contributed by atoms with Crippen molar-refractivity contribution in [2.24, 2.45) is 0 Å². The fraction of sp³-hybridized carbons (Fsp3) is 0.444. The van der Waals surface area contributed by atoms with Crippen LogP contribution in [0.25, 0.3) is 0 Å².